The molecule has 0 radical (unpaired) electrons. The highest BCUT2D eigenvalue weighted by Gasteiger charge is 2.25. The van der Waals surface area contributed by atoms with E-state index in [4.69, 9.17) is 14.2 Å². The molecular weight excluding hydrogens is 384 g/mol. The highest BCUT2D eigenvalue weighted by atomic mass is 19.1. The number of hydrogen-bond acceptors (Lipinski definition) is 5. The van der Waals surface area contributed by atoms with Crippen LogP contribution in [-0.2, 0) is 9.53 Å². The molecule has 1 aromatic carbocycles. The third kappa shape index (κ3) is 5.35. The lowest BCUT2D eigenvalue weighted by Gasteiger charge is -2.29. The second kappa shape index (κ2) is 9.39. The molecule has 0 aliphatic heterocycles. The summed E-state index contributed by atoms with van der Waals surface area (Å²) in [5.41, 5.74) is 0.219. The average Bonchev–Trinajstić information content (AvgIpc) is 3.06. The highest BCUT2D eigenvalue weighted by molar-refractivity contribution is 5.78. The van der Waals surface area contributed by atoms with Crippen molar-refractivity contribution < 1.29 is 27.8 Å². The number of hydrogen-bond donors (Lipinski definition) is 2. The molecule has 29 heavy (non-hydrogen) atoms. The van der Waals surface area contributed by atoms with Gasteiger partial charge in [-0.2, -0.15) is 4.98 Å². The standard InChI is InChI=1S/C20H27F2N3O4/c1-4-27-19-15(21)9-16-18(17(19)22)25-20(24-16)29-14-7-5-13(6-8-14)28-10-11(2)23-12(3)26/h9,11,13-14H,4-8,10H2,1-3H3,(H,23,26)(H,24,25)/t11-,13-,14-/m0/s1. The van der Waals surface area contributed by atoms with Gasteiger partial charge in [0.2, 0.25) is 5.91 Å². The van der Waals surface area contributed by atoms with Gasteiger partial charge in [-0.15, -0.1) is 0 Å². The lowest BCUT2D eigenvalue weighted by molar-refractivity contribution is -0.120. The van der Waals surface area contributed by atoms with E-state index >= 15 is 0 Å². The van der Waals surface area contributed by atoms with E-state index in [9.17, 15) is 13.6 Å². The van der Waals surface area contributed by atoms with Crippen molar-refractivity contribution in [3.63, 3.8) is 0 Å². The van der Waals surface area contributed by atoms with Crippen molar-refractivity contribution in [2.45, 2.75) is 64.7 Å². The summed E-state index contributed by atoms with van der Waals surface area (Å²) < 4.78 is 45.2. The van der Waals surface area contributed by atoms with Crippen LogP contribution in [0.5, 0.6) is 11.8 Å². The van der Waals surface area contributed by atoms with E-state index in [1.165, 1.54) is 6.92 Å². The molecule has 0 bridgehead atoms. The molecule has 1 saturated carbocycles. The first-order chi connectivity index (χ1) is 13.9. The number of benzene rings is 1. The lowest BCUT2D eigenvalue weighted by Crippen LogP contribution is -2.36. The fraction of sp³-hybridized carbons (Fsp3) is 0.600. The molecule has 1 amide bonds. The Morgan fingerprint density at radius 2 is 2.00 bits per heavy atom. The maximum absolute atomic E-state index is 14.5. The molecule has 3 rings (SSSR count). The maximum Gasteiger partial charge on any atom is 0.294 e. The number of nitrogens with zero attached hydrogens (tertiary/aromatic N) is 1. The Labute approximate surface area is 168 Å². The van der Waals surface area contributed by atoms with E-state index in [0.29, 0.717) is 6.61 Å². The molecule has 7 nitrogen and oxygen atoms in total. The molecule has 160 valence electrons. The van der Waals surface area contributed by atoms with Crippen LogP contribution >= 0.6 is 0 Å². The van der Waals surface area contributed by atoms with Gasteiger partial charge in [0.1, 0.15) is 11.6 Å². The van der Waals surface area contributed by atoms with Gasteiger partial charge < -0.3 is 24.5 Å². The van der Waals surface area contributed by atoms with Crippen LogP contribution < -0.4 is 14.8 Å². The zero-order chi connectivity index (χ0) is 21.0. The first kappa shape index (κ1) is 21.3. The Kier molecular flexibility index (Phi) is 6.89. The Bertz CT molecular complexity index is 850. The van der Waals surface area contributed by atoms with Crippen LogP contribution in [0.2, 0.25) is 0 Å². The van der Waals surface area contributed by atoms with Gasteiger partial charge >= 0.3 is 0 Å². The summed E-state index contributed by atoms with van der Waals surface area (Å²) in [6.45, 7) is 5.66. The number of carbonyl (C=O) groups excluding carboxylic acids is 1. The first-order valence-corrected chi connectivity index (χ1v) is 9.93. The lowest BCUT2D eigenvalue weighted by atomic mass is 9.95. The quantitative estimate of drug-likeness (QED) is 0.695. The molecule has 0 spiro atoms. The van der Waals surface area contributed by atoms with Gasteiger partial charge in [0, 0.05) is 19.0 Å². The summed E-state index contributed by atoms with van der Waals surface area (Å²) in [5, 5.41) is 2.79. The number of aromatic nitrogens is 2. The monoisotopic (exact) mass is 411 g/mol. The summed E-state index contributed by atoms with van der Waals surface area (Å²) >= 11 is 0. The Balaban J connectivity index is 1.54. The van der Waals surface area contributed by atoms with E-state index in [-0.39, 0.29) is 47.8 Å². The van der Waals surface area contributed by atoms with Crippen LogP contribution in [-0.4, -0.2) is 47.3 Å². The summed E-state index contributed by atoms with van der Waals surface area (Å²) in [7, 11) is 0. The summed E-state index contributed by atoms with van der Waals surface area (Å²) in [5.74, 6) is -2.09. The van der Waals surface area contributed by atoms with Gasteiger partial charge in [-0.25, -0.2) is 8.78 Å². The van der Waals surface area contributed by atoms with Gasteiger partial charge in [-0.1, -0.05) is 0 Å². The molecule has 0 unspecified atom stereocenters. The number of H-pyrrole nitrogens is 1. The number of fused-ring (bicyclic) bond motifs is 1. The van der Waals surface area contributed by atoms with Crippen molar-refractivity contribution in [1.82, 2.24) is 15.3 Å². The third-order valence-electron chi connectivity index (χ3n) is 4.83. The van der Waals surface area contributed by atoms with Crippen molar-refractivity contribution in [3.05, 3.63) is 17.7 Å². The number of carbonyl (C=O) groups is 1. The summed E-state index contributed by atoms with van der Waals surface area (Å²) in [6, 6.07) is 1.26. The van der Waals surface area contributed by atoms with Crippen molar-refractivity contribution >= 4 is 16.9 Å². The number of nitrogens with one attached hydrogen (secondary N) is 2. The maximum atomic E-state index is 14.5. The molecule has 2 N–H and O–H groups in total. The van der Waals surface area contributed by atoms with Crippen LogP contribution in [0, 0.1) is 11.6 Å². The third-order valence-corrected chi connectivity index (χ3v) is 4.83. The first-order valence-electron chi connectivity index (χ1n) is 9.93. The molecule has 1 aliphatic carbocycles. The Morgan fingerprint density at radius 3 is 2.66 bits per heavy atom. The molecule has 0 saturated heterocycles. The predicted molar refractivity (Wildman–Crippen MR) is 103 cm³/mol. The number of aromatic amines is 1. The highest BCUT2D eigenvalue weighted by Crippen LogP contribution is 2.31. The normalized spacial score (nSPS) is 20.4. The smallest absolute Gasteiger partial charge is 0.294 e. The van der Waals surface area contributed by atoms with Crippen LogP contribution in [0.25, 0.3) is 11.0 Å². The van der Waals surface area contributed by atoms with Crippen LogP contribution in [0.3, 0.4) is 0 Å². The van der Waals surface area contributed by atoms with Crippen molar-refractivity contribution in [2.75, 3.05) is 13.2 Å². The molecule has 1 aliphatic rings. The second-order valence-corrected chi connectivity index (χ2v) is 7.32. The van der Waals surface area contributed by atoms with Gasteiger partial charge in [0.05, 0.1) is 24.8 Å². The Hall–Kier alpha value is -2.42. The fourth-order valence-corrected chi connectivity index (χ4v) is 3.52. The van der Waals surface area contributed by atoms with E-state index in [0.717, 1.165) is 31.7 Å². The van der Waals surface area contributed by atoms with Crippen molar-refractivity contribution in [2.24, 2.45) is 0 Å². The van der Waals surface area contributed by atoms with E-state index in [2.05, 4.69) is 15.3 Å². The van der Waals surface area contributed by atoms with Gasteiger partial charge in [-0.3, -0.25) is 4.79 Å². The SMILES string of the molecule is CCOc1c(F)cc2nc(O[C@H]3CC[C@H](OC[C@H](C)NC(C)=O)CC3)[nH]c2c1F. The van der Waals surface area contributed by atoms with Crippen molar-refractivity contribution in [1.29, 1.82) is 0 Å². The number of imidazole rings is 1. The van der Waals surface area contributed by atoms with E-state index in [1.54, 1.807) is 6.92 Å². The van der Waals surface area contributed by atoms with Crippen LogP contribution in [0.15, 0.2) is 6.07 Å². The number of halogens is 2. The number of rotatable bonds is 8. The minimum Gasteiger partial charge on any atom is -0.488 e. The summed E-state index contributed by atoms with van der Waals surface area (Å²) in [4.78, 5) is 18.0. The number of ether oxygens (including phenoxy) is 3. The molecular formula is C20H27F2N3O4. The molecule has 1 atom stereocenters. The predicted octanol–water partition coefficient (Wildman–Crippen LogP) is 3.47. The van der Waals surface area contributed by atoms with E-state index in [1.807, 2.05) is 6.92 Å². The second-order valence-electron chi connectivity index (χ2n) is 7.32. The fourth-order valence-electron chi connectivity index (χ4n) is 3.52. The van der Waals surface area contributed by atoms with Crippen LogP contribution in [0.4, 0.5) is 8.78 Å². The molecule has 1 aromatic heterocycles. The topological polar surface area (TPSA) is 85.5 Å². The largest absolute Gasteiger partial charge is 0.488 e. The van der Waals surface area contributed by atoms with Crippen molar-refractivity contribution in [3.8, 4) is 11.8 Å². The zero-order valence-corrected chi connectivity index (χ0v) is 16.9. The molecule has 2 aromatic rings. The van der Waals surface area contributed by atoms with Crippen LogP contribution in [0.1, 0.15) is 46.5 Å². The minimum atomic E-state index is -0.811. The molecule has 1 fully saturated rings. The average molecular weight is 411 g/mol. The number of amides is 1. The van der Waals surface area contributed by atoms with Gasteiger partial charge in [0.15, 0.2) is 17.4 Å². The molecule has 9 heteroatoms. The van der Waals surface area contributed by atoms with E-state index < -0.39 is 17.4 Å². The molecule has 1 heterocycles. The van der Waals surface area contributed by atoms with Gasteiger partial charge in [0.25, 0.3) is 6.01 Å². The van der Waals surface area contributed by atoms with Gasteiger partial charge in [-0.05, 0) is 39.5 Å². The minimum absolute atomic E-state index is 0.0334. The summed E-state index contributed by atoms with van der Waals surface area (Å²) in [6.07, 6.45) is 3.18. The zero-order valence-electron chi connectivity index (χ0n) is 16.9. The Morgan fingerprint density at radius 1 is 1.31 bits per heavy atom.